The van der Waals surface area contributed by atoms with Crippen LogP contribution in [0.25, 0.3) is 0 Å². The van der Waals surface area contributed by atoms with Crippen molar-refractivity contribution in [3.05, 3.63) is 28.3 Å². The van der Waals surface area contributed by atoms with Crippen LogP contribution in [-0.4, -0.2) is 35.9 Å². The molecule has 2 rings (SSSR count). The summed E-state index contributed by atoms with van der Waals surface area (Å²) >= 11 is 6.35. The van der Waals surface area contributed by atoms with Crippen LogP contribution in [0.1, 0.15) is 37.4 Å². The highest BCUT2D eigenvalue weighted by molar-refractivity contribution is 6.31. The zero-order valence-corrected chi connectivity index (χ0v) is 12.8. The summed E-state index contributed by atoms with van der Waals surface area (Å²) < 4.78 is 3.52. The molecule has 0 aliphatic rings. The Bertz CT molecular complexity index is 635. The molecule has 0 bridgehead atoms. The third-order valence-corrected chi connectivity index (χ3v) is 3.62. The van der Waals surface area contributed by atoms with Crippen molar-refractivity contribution >= 4 is 17.6 Å². The lowest BCUT2D eigenvalue weighted by molar-refractivity contribution is -0.136. The molecule has 2 aromatic rings. The summed E-state index contributed by atoms with van der Waals surface area (Å²) in [6.45, 7) is 5.22. The van der Waals surface area contributed by atoms with Crippen molar-refractivity contribution in [2.24, 2.45) is 0 Å². The monoisotopic (exact) mass is 311 g/mol. The van der Waals surface area contributed by atoms with Crippen molar-refractivity contribution in [3.63, 3.8) is 0 Å². The van der Waals surface area contributed by atoms with Gasteiger partial charge in [0.15, 0.2) is 0 Å². The van der Waals surface area contributed by atoms with Crippen LogP contribution >= 0.6 is 11.6 Å². The minimum absolute atomic E-state index is 0.0479. The molecular weight excluding hydrogens is 294 g/mol. The van der Waals surface area contributed by atoms with Gasteiger partial charge in [-0.05, 0) is 13.3 Å². The number of hydrogen-bond donors (Lipinski definition) is 1. The van der Waals surface area contributed by atoms with Crippen molar-refractivity contribution < 1.29 is 9.90 Å². The second kappa shape index (κ2) is 6.71. The Morgan fingerprint density at radius 3 is 2.81 bits per heavy atom. The van der Waals surface area contributed by atoms with Gasteiger partial charge in [0, 0.05) is 19.2 Å². The molecule has 1 N–H and O–H groups in total. The van der Waals surface area contributed by atoms with E-state index in [1.807, 2.05) is 18.5 Å². The van der Waals surface area contributed by atoms with Crippen molar-refractivity contribution in [2.75, 3.05) is 0 Å². The normalized spacial score (nSPS) is 11.0. The number of nitrogens with zero attached hydrogens (tertiary/aromatic N) is 5. The van der Waals surface area contributed by atoms with E-state index in [1.54, 1.807) is 10.9 Å². The van der Waals surface area contributed by atoms with Crippen LogP contribution in [-0.2, 0) is 30.7 Å². The van der Waals surface area contributed by atoms with Gasteiger partial charge in [-0.2, -0.15) is 5.10 Å². The molecule has 0 aromatic carbocycles. The summed E-state index contributed by atoms with van der Waals surface area (Å²) in [7, 11) is 0. The number of aryl methyl sites for hydroxylation is 3. The van der Waals surface area contributed by atoms with Crippen LogP contribution < -0.4 is 0 Å². The molecule has 8 heteroatoms. The number of carbonyl (C=O) groups is 1. The standard InChI is InChI=1S/C13H18ClN5O2/c1-3-10-13(14)11(19(4-2)16-10)8-18-7-9(15-17-18)5-6-12(20)21/h7H,3-6,8H2,1-2H3,(H,20,21). The minimum atomic E-state index is -0.843. The zero-order valence-electron chi connectivity index (χ0n) is 12.1. The van der Waals surface area contributed by atoms with Crippen molar-refractivity contribution in [1.82, 2.24) is 24.8 Å². The van der Waals surface area contributed by atoms with Gasteiger partial charge in [-0.3, -0.25) is 9.48 Å². The largest absolute Gasteiger partial charge is 0.481 e. The Balaban J connectivity index is 2.15. The molecule has 21 heavy (non-hydrogen) atoms. The van der Waals surface area contributed by atoms with E-state index in [9.17, 15) is 4.79 Å². The average molecular weight is 312 g/mol. The molecule has 0 aliphatic carbocycles. The maximum absolute atomic E-state index is 10.6. The van der Waals surface area contributed by atoms with Crippen LogP contribution in [0, 0.1) is 0 Å². The Kier molecular flexibility index (Phi) is 4.95. The van der Waals surface area contributed by atoms with Crippen LogP contribution in [0.15, 0.2) is 6.20 Å². The maximum Gasteiger partial charge on any atom is 0.303 e. The SMILES string of the molecule is CCc1nn(CC)c(Cn2cc(CCC(=O)O)nn2)c1Cl. The van der Waals surface area contributed by atoms with E-state index in [0.717, 1.165) is 24.4 Å². The number of carboxylic acid groups (broad SMARTS) is 1. The fourth-order valence-electron chi connectivity index (χ4n) is 2.09. The summed E-state index contributed by atoms with van der Waals surface area (Å²) in [6, 6.07) is 0. The summed E-state index contributed by atoms with van der Waals surface area (Å²) in [6.07, 6.45) is 2.95. The molecule has 0 amide bonds. The highest BCUT2D eigenvalue weighted by Crippen LogP contribution is 2.22. The first-order chi connectivity index (χ1) is 10.0. The lowest BCUT2D eigenvalue weighted by atomic mass is 10.2. The number of aromatic nitrogens is 5. The maximum atomic E-state index is 10.6. The van der Waals surface area contributed by atoms with E-state index in [0.29, 0.717) is 23.7 Å². The average Bonchev–Trinajstić information content (AvgIpc) is 3.03. The molecule has 0 saturated carbocycles. The van der Waals surface area contributed by atoms with Crippen molar-refractivity contribution in [3.8, 4) is 0 Å². The van der Waals surface area contributed by atoms with E-state index in [2.05, 4.69) is 15.4 Å². The molecular formula is C13H18ClN5O2. The first-order valence-corrected chi connectivity index (χ1v) is 7.27. The smallest absolute Gasteiger partial charge is 0.303 e. The predicted octanol–water partition coefficient (Wildman–Crippen LogP) is 1.78. The lowest BCUT2D eigenvalue weighted by Gasteiger charge is -2.04. The Morgan fingerprint density at radius 1 is 1.43 bits per heavy atom. The lowest BCUT2D eigenvalue weighted by Crippen LogP contribution is -2.08. The van der Waals surface area contributed by atoms with Gasteiger partial charge >= 0.3 is 5.97 Å². The number of carboxylic acids is 1. The first kappa shape index (κ1) is 15.5. The first-order valence-electron chi connectivity index (χ1n) is 6.90. The molecule has 0 atom stereocenters. The second-order valence-corrected chi connectivity index (χ2v) is 5.06. The number of halogens is 1. The van der Waals surface area contributed by atoms with Gasteiger partial charge in [0.1, 0.15) is 0 Å². The van der Waals surface area contributed by atoms with Gasteiger partial charge in [-0.1, -0.05) is 23.7 Å². The molecule has 0 radical (unpaired) electrons. The van der Waals surface area contributed by atoms with E-state index >= 15 is 0 Å². The summed E-state index contributed by atoms with van der Waals surface area (Å²) in [5.74, 6) is -0.843. The quantitative estimate of drug-likeness (QED) is 0.842. The Labute approximate surface area is 127 Å². The van der Waals surface area contributed by atoms with E-state index < -0.39 is 5.97 Å². The van der Waals surface area contributed by atoms with Crippen LogP contribution in [0.4, 0.5) is 0 Å². The molecule has 0 unspecified atom stereocenters. The molecule has 114 valence electrons. The third kappa shape index (κ3) is 3.60. The molecule has 2 heterocycles. The van der Waals surface area contributed by atoms with Gasteiger partial charge in [-0.15, -0.1) is 5.10 Å². The van der Waals surface area contributed by atoms with E-state index in [-0.39, 0.29) is 6.42 Å². The van der Waals surface area contributed by atoms with Gasteiger partial charge in [0.2, 0.25) is 0 Å². The number of aliphatic carboxylic acids is 1. The predicted molar refractivity (Wildman–Crippen MR) is 77.4 cm³/mol. The van der Waals surface area contributed by atoms with E-state index in [4.69, 9.17) is 16.7 Å². The topological polar surface area (TPSA) is 85.8 Å². The molecule has 7 nitrogen and oxygen atoms in total. The van der Waals surface area contributed by atoms with Crippen LogP contribution in [0.5, 0.6) is 0 Å². The molecule has 2 aromatic heterocycles. The van der Waals surface area contributed by atoms with Gasteiger partial charge < -0.3 is 5.11 Å². The number of hydrogen-bond acceptors (Lipinski definition) is 4. The molecule has 0 fully saturated rings. The zero-order chi connectivity index (χ0) is 15.4. The fraction of sp³-hybridized carbons (Fsp3) is 0.538. The van der Waals surface area contributed by atoms with Crippen molar-refractivity contribution in [1.29, 1.82) is 0 Å². The van der Waals surface area contributed by atoms with Crippen LogP contribution in [0.2, 0.25) is 5.02 Å². The minimum Gasteiger partial charge on any atom is -0.481 e. The summed E-state index contributed by atoms with van der Waals surface area (Å²) in [5, 5.41) is 21.8. The van der Waals surface area contributed by atoms with Gasteiger partial charge in [0.25, 0.3) is 0 Å². The molecule has 0 spiro atoms. The highest BCUT2D eigenvalue weighted by atomic mass is 35.5. The number of rotatable bonds is 7. The van der Waals surface area contributed by atoms with Crippen molar-refractivity contribution in [2.45, 2.75) is 46.2 Å². The van der Waals surface area contributed by atoms with Gasteiger partial charge in [-0.25, -0.2) is 4.68 Å². The summed E-state index contributed by atoms with van der Waals surface area (Å²) in [4.78, 5) is 10.6. The summed E-state index contributed by atoms with van der Waals surface area (Å²) in [5.41, 5.74) is 2.43. The molecule has 0 aliphatic heterocycles. The third-order valence-electron chi connectivity index (χ3n) is 3.19. The van der Waals surface area contributed by atoms with E-state index in [1.165, 1.54) is 0 Å². The molecule has 0 saturated heterocycles. The van der Waals surface area contributed by atoms with Gasteiger partial charge in [0.05, 0.1) is 35.1 Å². The second-order valence-electron chi connectivity index (χ2n) is 4.68. The Morgan fingerprint density at radius 2 is 2.19 bits per heavy atom. The van der Waals surface area contributed by atoms with Crippen LogP contribution in [0.3, 0.4) is 0 Å². The fourth-order valence-corrected chi connectivity index (χ4v) is 2.42. The highest BCUT2D eigenvalue weighted by Gasteiger charge is 2.15. The Hall–Kier alpha value is -1.89.